The zero-order valence-electron chi connectivity index (χ0n) is 9.98. The second kappa shape index (κ2) is 5.83. The number of benzene rings is 2. The van der Waals surface area contributed by atoms with Gasteiger partial charge in [0.15, 0.2) is 11.6 Å². The molecule has 104 valence electrons. The van der Waals surface area contributed by atoms with Gasteiger partial charge in [0.1, 0.15) is 6.61 Å². The summed E-state index contributed by atoms with van der Waals surface area (Å²) in [6.07, 6.45) is 0. The van der Waals surface area contributed by atoms with E-state index in [-0.39, 0.29) is 17.4 Å². The van der Waals surface area contributed by atoms with Gasteiger partial charge in [-0.25, -0.2) is 4.39 Å². The minimum absolute atomic E-state index is 0.0729. The summed E-state index contributed by atoms with van der Waals surface area (Å²) in [4.78, 5) is 9.64. The number of hydrogen-bond donors (Lipinski definition) is 0. The normalized spacial score (nSPS) is 10.3. The molecule has 0 saturated heterocycles. The second-order valence-corrected chi connectivity index (χ2v) is 4.29. The molecule has 2 rings (SSSR count). The van der Waals surface area contributed by atoms with Crippen LogP contribution in [0.15, 0.2) is 36.4 Å². The molecule has 0 spiro atoms. The van der Waals surface area contributed by atoms with E-state index in [0.717, 1.165) is 12.1 Å². The Bertz CT molecular complexity index is 664. The van der Waals surface area contributed by atoms with E-state index in [9.17, 15) is 18.9 Å². The Morgan fingerprint density at radius 1 is 1.25 bits per heavy atom. The fourth-order valence-electron chi connectivity index (χ4n) is 1.54. The van der Waals surface area contributed by atoms with Crippen molar-refractivity contribution in [1.82, 2.24) is 0 Å². The highest BCUT2D eigenvalue weighted by atomic mass is 35.5. The lowest BCUT2D eigenvalue weighted by atomic mass is 10.2. The fourth-order valence-corrected chi connectivity index (χ4v) is 1.71. The van der Waals surface area contributed by atoms with Gasteiger partial charge >= 0.3 is 5.69 Å². The summed E-state index contributed by atoms with van der Waals surface area (Å²) in [7, 11) is 0. The molecule has 0 heterocycles. The molecular formula is C13H8ClF2NO3. The Morgan fingerprint density at radius 3 is 2.65 bits per heavy atom. The summed E-state index contributed by atoms with van der Waals surface area (Å²) in [6.45, 7) is -0.133. The van der Waals surface area contributed by atoms with Crippen LogP contribution in [0.25, 0.3) is 0 Å². The van der Waals surface area contributed by atoms with Crippen LogP contribution in [-0.4, -0.2) is 4.92 Å². The van der Waals surface area contributed by atoms with Crippen molar-refractivity contribution in [1.29, 1.82) is 0 Å². The lowest BCUT2D eigenvalue weighted by Crippen LogP contribution is -2.00. The van der Waals surface area contributed by atoms with Gasteiger partial charge in [0, 0.05) is 6.07 Å². The van der Waals surface area contributed by atoms with E-state index >= 15 is 0 Å². The van der Waals surface area contributed by atoms with E-state index in [1.54, 1.807) is 0 Å². The molecule has 0 saturated carbocycles. The molecule has 0 aliphatic heterocycles. The molecular weight excluding hydrogens is 292 g/mol. The van der Waals surface area contributed by atoms with Crippen molar-refractivity contribution in [3.8, 4) is 5.75 Å². The molecule has 7 heteroatoms. The highest BCUT2D eigenvalue weighted by Crippen LogP contribution is 2.25. The minimum Gasteiger partial charge on any atom is -0.486 e. The monoisotopic (exact) mass is 299 g/mol. The van der Waals surface area contributed by atoms with E-state index in [1.807, 2.05) is 0 Å². The van der Waals surface area contributed by atoms with Gasteiger partial charge in [0.05, 0.1) is 9.95 Å². The third-order valence-corrected chi connectivity index (χ3v) is 2.81. The Balaban J connectivity index is 2.13. The second-order valence-electron chi connectivity index (χ2n) is 3.88. The lowest BCUT2D eigenvalue weighted by molar-refractivity contribution is -0.387. The molecule has 0 atom stereocenters. The molecule has 0 aliphatic rings. The van der Waals surface area contributed by atoms with Crippen LogP contribution in [0.4, 0.5) is 14.5 Å². The van der Waals surface area contributed by atoms with Gasteiger partial charge in [-0.05, 0) is 29.8 Å². The Kier molecular flexibility index (Phi) is 4.14. The summed E-state index contributed by atoms with van der Waals surface area (Å²) in [6, 6.07) is 7.60. The van der Waals surface area contributed by atoms with Crippen LogP contribution in [0.3, 0.4) is 0 Å². The van der Waals surface area contributed by atoms with Crippen molar-refractivity contribution in [3.05, 3.63) is 68.7 Å². The summed E-state index contributed by atoms with van der Waals surface area (Å²) in [5, 5.41) is 10.4. The fraction of sp³-hybridized carbons (Fsp3) is 0.0769. The topological polar surface area (TPSA) is 52.4 Å². The molecule has 2 aromatic carbocycles. The molecule has 0 radical (unpaired) electrons. The maximum atomic E-state index is 13.5. The first-order valence-corrected chi connectivity index (χ1v) is 5.86. The molecule has 0 unspecified atom stereocenters. The van der Waals surface area contributed by atoms with Crippen LogP contribution in [0.2, 0.25) is 5.02 Å². The van der Waals surface area contributed by atoms with E-state index in [4.69, 9.17) is 16.3 Å². The molecule has 0 aliphatic carbocycles. The Labute approximate surface area is 117 Å². The molecule has 0 fully saturated rings. The van der Waals surface area contributed by atoms with Crippen molar-refractivity contribution in [2.45, 2.75) is 6.61 Å². The third kappa shape index (κ3) is 3.03. The first-order chi connectivity index (χ1) is 9.49. The number of halogens is 3. The maximum Gasteiger partial charge on any atom is 0.304 e. The van der Waals surface area contributed by atoms with Crippen LogP contribution in [0, 0.1) is 21.7 Å². The van der Waals surface area contributed by atoms with Crippen LogP contribution in [0.1, 0.15) is 5.56 Å². The molecule has 0 amide bonds. The number of ether oxygens (including phenoxy) is 1. The van der Waals surface area contributed by atoms with Gasteiger partial charge in [-0.15, -0.1) is 0 Å². The predicted octanol–water partition coefficient (Wildman–Crippen LogP) is 4.11. The first-order valence-electron chi connectivity index (χ1n) is 5.48. The summed E-state index contributed by atoms with van der Waals surface area (Å²) in [5.41, 5.74) is -0.282. The lowest BCUT2D eigenvalue weighted by Gasteiger charge is -2.08. The van der Waals surface area contributed by atoms with Gasteiger partial charge in [-0.3, -0.25) is 10.1 Å². The summed E-state index contributed by atoms with van der Waals surface area (Å²) < 4.78 is 32.1. The van der Waals surface area contributed by atoms with Gasteiger partial charge in [0.2, 0.25) is 5.82 Å². The number of rotatable bonds is 4. The molecule has 2 aromatic rings. The van der Waals surface area contributed by atoms with Crippen molar-refractivity contribution in [2.75, 3.05) is 0 Å². The number of nitro groups is 1. The average Bonchev–Trinajstić information content (AvgIpc) is 2.40. The quantitative estimate of drug-likeness (QED) is 0.630. The zero-order valence-corrected chi connectivity index (χ0v) is 10.7. The third-order valence-electron chi connectivity index (χ3n) is 2.52. The maximum absolute atomic E-state index is 13.5. The minimum atomic E-state index is -0.970. The highest BCUT2D eigenvalue weighted by molar-refractivity contribution is 6.30. The van der Waals surface area contributed by atoms with Crippen LogP contribution < -0.4 is 4.74 Å². The number of nitrogens with zero attached hydrogens (tertiary/aromatic N) is 1. The van der Waals surface area contributed by atoms with E-state index in [0.29, 0.717) is 5.56 Å². The SMILES string of the molecule is O=[N+]([O-])c1ccc(COc2cccc(Cl)c2F)cc1F. The standard InChI is InChI=1S/C13H8ClF2NO3/c14-9-2-1-3-12(13(9)16)20-7-8-4-5-11(17(18)19)10(15)6-8/h1-6H,7H2. The highest BCUT2D eigenvalue weighted by Gasteiger charge is 2.14. The van der Waals surface area contributed by atoms with Gasteiger partial charge in [-0.1, -0.05) is 17.7 Å². The summed E-state index contributed by atoms with van der Waals surface area (Å²) in [5.74, 6) is -1.75. The predicted molar refractivity (Wildman–Crippen MR) is 68.8 cm³/mol. The van der Waals surface area contributed by atoms with E-state index in [1.165, 1.54) is 24.3 Å². The van der Waals surface area contributed by atoms with E-state index < -0.39 is 22.2 Å². The molecule has 0 aromatic heterocycles. The molecule has 0 N–H and O–H groups in total. The van der Waals surface area contributed by atoms with Crippen molar-refractivity contribution in [2.24, 2.45) is 0 Å². The smallest absolute Gasteiger partial charge is 0.304 e. The molecule has 4 nitrogen and oxygen atoms in total. The van der Waals surface area contributed by atoms with Gasteiger partial charge in [0.25, 0.3) is 0 Å². The number of hydrogen-bond acceptors (Lipinski definition) is 3. The Morgan fingerprint density at radius 2 is 2.00 bits per heavy atom. The largest absolute Gasteiger partial charge is 0.486 e. The molecule has 20 heavy (non-hydrogen) atoms. The Hall–Kier alpha value is -2.21. The van der Waals surface area contributed by atoms with Crippen LogP contribution in [0.5, 0.6) is 5.75 Å². The molecule has 0 bridgehead atoms. The van der Waals surface area contributed by atoms with Crippen molar-refractivity contribution < 1.29 is 18.4 Å². The zero-order chi connectivity index (χ0) is 14.7. The van der Waals surface area contributed by atoms with E-state index in [2.05, 4.69) is 0 Å². The number of nitro benzene ring substituents is 1. The van der Waals surface area contributed by atoms with Gasteiger partial charge in [-0.2, -0.15) is 4.39 Å². The summed E-state index contributed by atoms with van der Waals surface area (Å²) >= 11 is 5.59. The van der Waals surface area contributed by atoms with Gasteiger partial charge < -0.3 is 4.74 Å². The van der Waals surface area contributed by atoms with Crippen molar-refractivity contribution in [3.63, 3.8) is 0 Å². The van der Waals surface area contributed by atoms with Crippen molar-refractivity contribution >= 4 is 17.3 Å². The van der Waals surface area contributed by atoms with Crippen LogP contribution >= 0.6 is 11.6 Å². The average molecular weight is 300 g/mol. The first kappa shape index (κ1) is 14.2. The van der Waals surface area contributed by atoms with Crippen LogP contribution in [-0.2, 0) is 6.61 Å².